The van der Waals surface area contributed by atoms with Crippen molar-refractivity contribution in [3.8, 4) is 0 Å². The molecule has 14 heavy (non-hydrogen) atoms. The van der Waals surface area contributed by atoms with Crippen molar-refractivity contribution in [3.63, 3.8) is 0 Å². The summed E-state index contributed by atoms with van der Waals surface area (Å²) < 4.78 is 0. The molecule has 2 aromatic rings. The van der Waals surface area contributed by atoms with E-state index in [0.29, 0.717) is 10.5 Å². The number of nitrogens with one attached hydrogen (secondary N) is 1. The molecule has 0 spiro atoms. The number of halogens is 1. The average Bonchev–Trinajstić information content (AvgIpc) is 2.59. The van der Waals surface area contributed by atoms with Crippen LogP contribution in [0.5, 0.6) is 0 Å². The second kappa shape index (κ2) is 3.40. The van der Waals surface area contributed by atoms with Crippen LogP contribution in [0, 0.1) is 0 Å². The first-order valence-corrected chi connectivity index (χ1v) is 4.47. The molecule has 0 saturated heterocycles. The van der Waals surface area contributed by atoms with Crippen LogP contribution in [0.4, 0.5) is 0 Å². The lowest BCUT2D eigenvalue weighted by atomic mass is 10.3. The lowest BCUT2D eigenvalue weighted by molar-refractivity contribution is 0.0993. The monoisotopic (exact) mass is 209 g/mol. The number of H-pyrrole nitrogens is 1. The molecule has 5 heteroatoms. The fourth-order valence-corrected chi connectivity index (χ4v) is 1.38. The van der Waals surface area contributed by atoms with E-state index in [1.54, 1.807) is 18.2 Å². The Morgan fingerprint density at radius 2 is 2.36 bits per heavy atom. The van der Waals surface area contributed by atoms with E-state index in [4.69, 9.17) is 17.3 Å². The summed E-state index contributed by atoms with van der Waals surface area (Å²) in [6.07, 6.45) is 0. The highest BCUT2D eigenvalue weighted by atomic mass is 35.5. The lowest BCUT2D eigenvalue weighted by Gasteiger charge is -1.88. The van der Waals surface area contributed by atoms with E-state index in [2.05, 4.69) is 9.97 Å². The van der Waals surface area contributed by atoms with Gasteiger partial charge < -0.3 is 10.7 Å². The number of aromatic nitrogens is 2. The largest absolute Gasteiger partial charge is 0.335 e. The number of benzene rings is 1. The van der Waals surface area contributed by atoms with Crippen LogP contribution in [0.15, 0.2) is 18.2 Å². The van der Waals surface area contributed by atoms with Crippen LogP contribution < -0.4 is 5.73 Å². The van der Waals surface area contributed by atoms with Gasteiger partial charge in [0, 0.05) is 5.02 Å². The smallest absolute Gasteiger partial charge is 0.211 e. The number of hydrogen-bond donors (Lipinski definition) is 2. The zero-order chi connectivity index (χ0) is 10.1. The van der Waals surface area contributed by atoms with E-state index in [1.807, 2.05) is 0 Å². The SMILES string of the molecule is NCC(=O)c1nc2ccc(Cl)cc2[nH]1. The molecule has 0 bridgehead atoms. The minimum absolute atomic E-state index is 0.0481. The summed E-state index contributed by atoms with van der Waals surface area (Å²) in [5.74, 6) is 0.0714. The van der Waals surface area contributed by atoms with Crippen LogP contribution in [-0.4, -0.2) is 22.3 Å². The fraction of sp³-hybridized carbons (Fsp3) is 0.111. The number of ketones is 1. The number of hydrogen-bond acceptors (Lipinski definition) is 3. The summed E-state index contributed by atoms with van der Waals surface area (Å²) in [6.45, 7) is -0.0481. The normalized spacial score (nSPS) is 10.7. The molecule has 3 N–H and O–H groups in total. The molecule has 0 aliphatic carbocycles. The third-order valence-corrected chi connectivity index (χ3v) is 2.13. The minimum atomic E-state index is -0.211. The Bertz CT molecular complexity index is 492. The van der Waals surface area contributed by atoms with Crippen LogP contribution in [0.3, 0.4) is 0 Å². The van der Waals surface area contributed by atoms with E-state index < -0.39 is 0 Å². The molecule has 0 aliphatic heterocycles. The molecule has 0 aliphatic rings. The molecule has 0 atom stereocenters. The Hall–Kier alpha value is -1.39. The number of fused-ring (bicyclic) bond motifs is 1. The van der Waals surface area contributed by atoms with Gasteiger partial charge in [0.1, 0.15) is 0 Å². The molecular formula is C9H8ClN3O. The van der Waals surface area contributed by atoms with Crippen LogP contribution in [0.1, 0.15) is 10.6 Å². The molecule has 2 rings (SSSR count). The zero-order valence-electron chi connectivity index (χ0n) is 7.25. The standard InChI is InChI=1S/C9H8ClN3O/c10-5-1-2-6-7(3-5)13-9(12-6)8(14)4-11/h1-3H,4,11H2,(H,12,13). The van der Waals surface area contributed by atoms with Gasteiger partial charge in [-0.25, -0.2) is 4.98 Å². The quantitative estimate of drug-likeness (QED) is 0.734. The van der Waals surface area contributed by atoms with Gasteiger partial charge in [-0.2, -0.15) is 0 Å². The summed E-state index contributed by atoms with van der Waals surface area (Å²) in [7, 11) is 0. The molecule has 4 nitrogen and oxygen atoms in total. The zero-order valence-corrected chi connectivity index (χ0v) is 8.01. The summed E-state index contributed by atoms with van der Waals surface area (Å²) >= 11 is 5.78. The van der Waals surface area contributed by atoms with Gasteiger partial charge in [-0.3, -0.25) is 4.79 Å². The third kappa shape index (κ3) is 1.49. The molecule has 0 amide bonds. The third-order valence-electron chi connectivity index (χ3n) is 1.89. The van der Waals surface area contributed by atoms with Crippen molar-refractivity contribution in [3.05, 3.63) is 29.0 Å². The average molecular weight is 210 g/mol. The molecule has 72 valence electrons. The molecule has 0 saturated carbocycles. The van der Waals surface area contributed by atoms with Gasteiger partial charge in [0.05, 0.1) is 17.6 Å². The number of rotatable bonds is 2. The number of nitrogens with two attached hydrogens (primary N) is 1. The first-order valence-electron chi connectivity index (χ1n) is 4.09. The first-order chi connectivity index (χ1) is 6.70. The highest BCUT2D eigenvalue weighted by Crippen LogP contribution is 2.17. The predicted molar refractivity (Wildman–Crippen MR) is 54.5 cm³/mol. The van der Waals surface area contributed by atoms with Crippen molar-refractivity contribution < 1.29 is 4.79 Å². The maximum atomic E-state index is 11.2. The Morgan fingerprint density at radius 1 is 1.57 bits per heavy atom. The molecular weight excluding hydrogens is 202 g/mol. The van der Waals surface area contributed by atoms with Gasteiger partial charge in [-0.05, 0) is 18.2 Å². The molecule has 1 aromatic heterocycles. The molecule has 1 heterocycles. The Balaban J connectivity index is 2.56. The van der Waals surface area contributed by atoms with Crippen molar-refractivity contribution in [1.29, 1.82) is 0 Å². The lowest BCUT2D eigenvalue weighted by Crippen LogP contribution is -2.14. The van der Waals surface area contributed by atoms with Gasteiger partial charge in [0.25, 0.3) is 0 Å². The summed E-state index contributed by atoms with van der Waals surface area (Å²) in [5, 5.41) is 0.605. The van der Waals surface area contributed by atoms with Gasteiger partial charge in [-0.1, -0.05) is 11.6 Å². The number of imidazole rings is 1. The molecule has 0 unspecified atom stereocenters. The van der Waals surface area contributed by atoms with Crippen LogP contribution in [0.25, 0.3) is 11.0 Å². The van der Waals surface area contributed by atoms with Crippen molar-refractivity contribution in [1.82, 2.24) is 9.97 Å². The number of aromatic amines is 1. The van der Waals surface area contributed by atoms with Crippen molar-refractivity contribution >= 4 is 28.4 Å². The minimum Gasteiger partial charge on any atom is -0.335 e. The van der Waals surface area contributed by atoms with Crippen LogP contribution in [-0.2, 0) is 0 Å². The Labute approximate surface area is 85.1 Å². The van der Waals surface area contributed by atoms with Crippen LogP contribution in [0.2, 0.25) is 5.02 Å². The van der Waals surface area contributed by atoms with Gasteiger partial charge in [-0.15, -0.1) is 0 Å². The van der Waals surface area contributed by atoms with Gasteiger partial charge in [0.15, 0.2) is 5.82 Å². The molecule has 0 fully saturated rings. The van der Waals surface area contributed by atoms with Gasteiger partial charge in [0.2, 0.25) is 5.78 Å². The Kier molecular flexibility index (Phi) is 2.23. The summed E-state index contributed by atoms with van der Waals surface area (Å²) in [4.78, 5) is 18.2. The van der Waals surface area contributed by atoms with Crippen LogP contribution >= 0.6 is 11.6 Å². The van der Waals surface area contributed by atoms with Crippen molar-refractivity contribution in [2.45, 2.75) is 0 Å². The first kappa shape index (κ1) is 9.18. The number of carbonyl (C=O) groups excluding carboxylic acids is 1. The Morgan fingerprint density at radius 3 is 3.07 bits per heavy atom. The van der Waals surface area contributed by atoms with Crippen molar-refractivity contribution in [2.75, 3.05) is 6.54 Å². The van der Waals surface area contributed by atoms with E-state index in [9.17, 15) is 4.79 Å². The number of nitrogens with zero attached hydrogens (tertiary/aromatic N) is 1. The summed E-state index contributed by atoms with van der Waals surface area (Å²) in [6, 6.07) is 5.19. The molecule has 1 aromatic carbocycles. The number of Topliss-reactive ketones (excluding diaryl/α,β-unsaturated/α-hetero) is 1. The van der Waals surface area contributed by atoms with E-state index in [-0.39, 0.29) is 18.2 Å². The maximum Gasteiger partial charge on any atom is 0.211 e. The second-order valence-electron chi connectivity index (χ2n) is 2.87. The topological polar surface area (TPSA) is 71.8 Å². The predicted octanol–water partition coefficient (Wildman–Crippen LogP) is 1.36. The maximum absolute atomic E-state index is 11.2. The summed E-state index contributed by atoms with van der Waals surface area (Å²) in [5.41, 5.74) is 6.68. The van der Waals surface area contributed by atoms with Gasteiger partial charge >= 0.3 is 0 Å². The second-order valence-corrected chi connectivity index (χ2v) is 3.31. The molecule has 0 radical (unpaired) electrons. The highest BCUT2D eigenvalue weighted by molar-refractivity contribution is 6.31. The van der Waals surface area contributed by atoms with E-state index in [0.717, 1.165) is 5.52 Å². The van der Waals surface area contributed by atoms with E-state index in [1.165, 1.54) is 0 Å². The van der Waals surface area contributed by atoms with E-state index >= 15 is 0 Å². The van der Waals surface area contributed by atoms with Crippen molar-refractivity contribution in [2.24, 2.45) is 5.73 Å². The fourth-order valence-electron chi connectivity index (χ4n) is 1.21. The number of carbonyl (C=O) groups is 1. The highest BCUT2D eigenvalue weighted by Gasteiger charge is 2.09.